The van der Waals surface area contributed by atoms with E-state index in [-0.39, 0.29) is 5.41 Å². The summed E-state index contributed by atoms with van der Waals surface area (Å²) in [5.41, 5.74) is 16.0. The number of hydrogen-bond acceptors (Lipinski definition) is 2. The summed E-state index contributed by atoms with van der Waals surface area (Å²) in [5, 5.41) is 3.58. The highest BCUT2D eigenvalue weighted by atomic mass is 14.9. The predicted octanol–water partition coefficient (Wildman–Crippen LogP) is 11.4. The fourth-order valence-electron chi connectivity index (χ4n) is 5.76. The molecule has 5 rings (SSSR count). The van der Waals surface area contributed by atoms with Gasteiger partial charge in [0.2, 0.25) is 0 Å². The van der Waals surface area contributed by atoms with E-state index in [0.717, 1.165) is 48.4 Å². The van der Waals surface area contributed by atoms with Crippen LogP contribution in [-0.2, 0) is 31.1 Å². The molecule has 0 spiro atoms. The molecule has 0 atom stereocenters. The molecule has 1 N–H and O–H groups in total. The Labute approximate surface area is 259 Å². The molecule has 1 heterocycles. The second-order valence-corrected chi connectivity index (χ2v) is 12.6. The first-order valence-electron chi connectivity index (χ1n) is 16.0. The Morgan fingerprint density at radius 3 is 1.40 bits per heavy atom. The summed E-state index contributed by atoms with van der Waals surface area (Å²) < 4.78 is 0. The molecule has 0 aliphatic heterocycles. The summed E-state index contributed by atoms with van der Waals surface area (Å²) in [4.78, 5) is 5.31. The molecule has 4 aromatic carbocycles. The van der Waals surface area contributed by atoms with E-state index in [1.165, 1.54) is 50.1 Å². The molecule has 1 aromatic heterocycles. The van der Waals surface area contributed by atoms with Crippen LogP contribution in [0.5, 0.6) is 0 Å². The smallest absolute Gasteiger partial charge is 0.0718 e. The Morgan fingerprint density at radius 2 is 0.977 bits per heavy atom. The van der Waals surface area contributed by atoms with Crippen molar-refractivity contribution in [3.8, 4) is 33.6 Å². The van der Waals surface area contributed by atoms with Gasteiger partial charge in [0.1, 0.15) is 0 Å². The molecule has 0 saturated carbocycles. The Bertz CT molecular complexity index is 1610. The van der Waals surface area contributed by atoms with Crippen LogP contribution < -0.4 is 5.32 Å². The van der Waals surface area contributed by atoms with E-state index >= 15 is 0 Å². The van der Waals surface area contributed by atoms with Crippen molar-refractivity contribution in [1.82, 2.24) is 4.98 Å². The lowest BCUT2D eigenvalue weighted by molar-refractivity contribution is 0.590. The number of hydrogen-bond donors (Lipinski definition) is 1. The number of pyridine rings is 1. The number of aryl methyl sites for hydroxylation is 4. The average Bonchev–Trinajstić information content (AvgIpc) is 3.04. The Kier molecular flexibility index (Phi) is 9.16. The van der Waals surface area contributed by atoms with E-state index in [1.54, 1.807) is 0 Å². The molecule has 0 unspecified atom stereocenters. The lowest BCUT2D eigenvalue weighted by Crippen LogP contribution is -2.10. The summed E-state index contributed by atoms with van der Waals surface area (Å²) in [5.74, 6) is 0. The maximum absolute atomic E-state index is 5.31. The van der Waals surface area contributed by atoms with Crippen LogP contribution in [0, 0.1) is 0 Å². The third-order valence-electron chi connectivity index (χ3n) is 8.55. The Morgan fingerprint density at radius 1 is 0.512 bits per heavy atom. The Hall–Kier alpha value is -4.17. The highest BCUT2D eigenvalue weighted by Gasteiger charge is 2.15. The largest absolute Gasteiger partial charge is 0.356 e. The maximum atomic E-state index is 5.31. The minimum Gasteiger partial charge on any atom is -0.356 e. The molecule has 0 amide bonds. The van der Waals surface area contributed by atoms with Crippen molar-refractivity contribution in [3.05, 3.63) is 125 Å². The van der Waals surface area contributed by atoms with Crippen molar-refractivity contribution in [3.63, 3.8) is 0 Å². The van der Waals surface area contributed by atoms with Crippen molar-refractivity contribution < 1.29 is 0 Å². The van der Waals surface area contributed by atoms with Gasteiger partial charge in [-0.15, -0.1) is 0 Å². The minimum absolute atomic E-state index is 0.147. The summed E-state index contributed by atoms with van der Waals surface area (Å²) >= 11 is 0. The van der Waals surface area contributed by atoms with E-state index in [2.05, 4.69) is 151 Å². The molecule has 0 saturated heterocycles. The second kappa shape index (κ2) is 13.0. The summed E-state index contributed by atoms with van der Waals surface area (Å²) in [7, 11) is 0. The van der Waals surface area contributed by atoms with Gasteiger partial charge in [-0.25, -0.2) is 4.98 Å². The number of rotatable bonds is 9. The third kappa shape index (κ3) is 6.91. The summed E-state index contributed by atoms with van der Waals surface area (Å²) in [6.07, 6.45) is 4.04. The topological polar surface area (TPSA) is 24.9 Å². The van der Waals surface area contributed by atoms with Gasteiger partial charge in [0.25, 0.3) is 0 Å². The molecule has 5 aromatic rings. The normalized spacial score (nSPS) is 11.5. The molecule has 220 valence electrons. The molecular formula is C41H46N2. The highest BCUT2D eigenvalue weighted by Crippen LogP contribution is 2.35. The number of nitrogens with one attached hydrogen (secondary N) is 1. The monoisotopic (exact) mass is 566 g/mol. The molecule has 2 nitrogen and oxygen atoms in total. The van der Waals surface area contributed by atoms with Crippen molar-refractivity contribution in [2.45, 2.75) is 79.6 Å². The van der Waals surface area contributed by atoms with E-state index in [4.69, 9.17) is 4.98 Å². The first-order valence-corrected chi connectivity index (χ1v) is 16.0. The van der Waals surface area contributed by atoms with Gasteiger partial charge >= 0.3 is 0 Å². The number of nitrogens with zero attached hydrogens (tertiary/aromatic N) is 1. The van der Waals surface area contributed by atoms with Crippen molar-refractivity contribution in [2.24, 2.45) is 0 Å². The van der Waals surface area contributed by atoms with E-state index in [9.17, 15) is 0 Å². The number of anilines is 2. The second-order valence-electron chi connectivity index (χ2n) is 12.6. The van der Waals surface area contributed by atoms with E-state index < -0.39 is 0 Å². The van der Waals surface area contributed by atoms with Crippen LogP contribution in [0.1, 0.15) is 76.3 Å². The molecular weight excluding hydrogens is 520 g/mol. The highest BCUT2D eigenvalue weighted by molar-refractivity contribution is 5.79. The maximum Gasteiger partial charge on any atom is 0.0718 e. The molecule has 0 bridgehead atoms. The minimum atomic E-state index is 0.147. The van der Waals surface area contributed by atoms with Crippen LogP contribution in [-0.4, -0.2) is 4.98 Å². The Balaban J connectivity index is 1.55. The van der Waals surface area contributed by atoms with Crippen LogP contribution in [0.15, 0.2) is 97.1 Å². The summed E-state index contributed by atoms with van der Waals surface area (Å²) in [6, 6.07) is 35.8. The van der Waals surface area contributed by atoms with Crippen LogP contribution in [0.3, 0.4) is 0 Å². The zero-order valence-electron chi connectivity index (χ0n) is 27.0. The van der Waals surface area contributed by atoms with Crippen LogP contribution in [0.25, 0.3) is 33.6 Å². The molecule has 0 aliphatic rings. The van der Waals surface area contributed by atoms with Gasteiger partial charge in [0.05, 0.1) is 11.4 Å². The standard InChI is InChI=1S/C41H46N2/c1-8-28-12-22-37(30(10-3)24-28)39-26-33(27-40(43-39)38-23-13-29(9-2)25-31(38)11-4)32-14-18-35(19-15-32)42-36-20-16-34(17-21-36)41(5,6)7/h12-27,42H,8-11H2,1-7H3. The van der Waals surface area contributed by atoms with Gasteiger partial charge in [-0.1, -0.05) is 109 Å². The van der Waals surface area contributed by atoms with Crippen molar-refractivity contribution >= 4 is 11.4 Å². The van der Waals surface area contributed by atoms with E-state index in [0.29, 0.717) is 0 Å². The zero-order valence-corrected chi connectivity index (χ0v) is 27.0. The van der Waals surface area contributed by atoms with Crippen molar-refractivity contribution in [2.75, 3.05) is 5.32 Å². The van der Waals surface area contributed by atoms with Gasteiger partial charge in [-0.3, -0.25) is 0 Å². The van der Waals surface area contributed by atoms with E-state index in [1.807, 2.05) is 0 Å². The number of aromatic nitrogens is 1. The fraction of sp³-hybridized carbons (Fsp3) is 0.293. The zero-order chi connectivity index (χ0) is 30.6. The predicted molar refractivity (Wildman–Crippen MR) is 186 cm³/mol. The van der Waals surface area contributed by atoms with Gasteiger partial charge in [-0.2, -0.15) is 0 Å². The van der Waals surface area contributed by atoms with Crippen LogP contribution in [0.2, 0.25) is 0 Å². The van der Waals surface area contributed by atoms with Gasteiger partial charge in [0, 0.05) is 22.5 Å². The average molecular weight is 567 g/mol. The third-order valence-corrected chi connectivity index (χ3v) is 8.55. The SMILES string of the molecule is CCc1ccc(-c2cc(-c3ccc(Nc4ccc(C(C)(C)C)cc4)cc3)cc(-c3ccc(CC)cc3CC)n2)c(CC)c1. The van der Waals surface area contributed by atoms with Crippen LogP contribution >= 0.6 is 0 Å². The van der Waals surface area contributed by atoms with Crippen molar-refractivity contribution in [1.29, 1.82) is 0 Å². The molecule has 0 fully saturated rings. The quantitative estimate of drug-likeness (QED) is 0.192. The molecule has 0 aliphatic carbocycles. The molecule has 0 radical (unpaired) electrons. The van der Waals surface area contributed by atoms with Gasteiger partial charge in [-0.05, 0) is 106 Å². The number of benzene rings is 4. The van der Waals surface area contributed by atoms with Gasteiger partial charge in [0.15, 0.2) is 0 Å². The first kappa shape index (κ1) is 30.3. The lowest BCUT2D eigenvalue weighted by Gasteiger charge is -2.19. The first-order chi connectivity index (χ1) is 20.7. The van der Waals surface area contributed by atoms with Gasteiger partial charge < -0.3 is 5.32 Å². The lowest BCUT2D eigenvalue weighted by atomic mass is 9.87. The summed E-state index contributed by atoms with van der Waals surface area (Å²) in [6.45, 7) is 15.7. The van der Waals surface area contributed by atoms with Crippen LogP contribution in [0.4, 0.5) is 11.4 Å². The fourth-order valence-corrected chi connectivity index (χ4v) is 5.76. The molecule has 2 heteroatoms. The molecule has 43 heavy (non-hydrogen) atoms.